The van der Waals surface area contributed by atoms with Gasteiger partial charge in [-0.05, 0) is 69.3 Å². The van der Waals surface area contributed by atoms with Crippen LogP contribution >= 0.6 is 36.4 Å². The molecule has 2 aromatic rings. The van der Waals surface area contributed by atoms with Crippen LogP contribution in [-0.2, 0) is 4.74 Å². The first-order valence-electron chi connectivity index (χ1n) is 10.9. The second-order valence-electron chi connectivity index (χ2n) is 8.18. The largest absolute Gasteiger partial charge is 0.455 e. The minimum Gasteiger partial charge on any atom is -0.455 e. The lowest BCUT2D eigenvalue weighted by molar-refractivity contribution is 0.125. The number of hydrogen-bond acceptors (Lipinski definition) is 6. The third-order valence-corrected chi connectivity index (χ3v) is 6.03. The predicted octanol–water partition coefficient (Wildman–Crippen LogP) is 5.02. The quantitative estimate of drug-likeness (QED) is 0.364. The monoisotopic (exact) mass is 516 g/mol. The normalized spacial score (nSPS) is 19.4. The molecule has 0 spiro atoms. The van der Waals surface area contributed by atoms with Gasteiger partial charge in [0.2, 0.25) is 0 Å². The van der Waals surface area contributed by atoms with Crippen molar-refractivity contribution < 1.29 is 13.9 Å². The van der Waals surface area contributed by atoms with E-state index in [9.17, 15) is 4.79 Å². The molecule has 1 amide bonds. The van der Waals surface area contributed by atoms with E-state index < -0.39 is 6.09 Å². The van der Waals surface area contributed by atoms with Gasteiger partial charge in [-0.2, -0.15) is 10.1 Å². The minimum atomic E-state index is -0.398. The van der Waals surface area contributed by atoms with Crippen molar-refractivity contribution in [3.8, 4) is 11.3 Å². The number of likely N-dealkylation sites (N-methyl/N-ethyl adjacent to an activating group) is 1. The molecule has 182 valence electrons. The van der Waals surface area contributed by atoms with Crippen molar-refractivity contribution in [1.29, 1.82) is 0 Å². The Hall–Kier alpha value is -1.77. The highest BCUT2D eigenvalue weighted by atomic mass is 35.5. The second kappa shape index (κ2) is 13.2. The van der Waals surface area contributed by atoms with Crippen molar-refractivity contribution in [2.75, 3.05) is 46.3 Å². The van der Waals surface area contributed by atoms with E-state index in [4.69, 9.17) is 20.8 Å². The lowest BCUT2D eigenvalue weighted by atomic mass is 10.1. The van der Waals surface area contributed by atoms with Crippen molar-refractivity contribution in [3.05, 3.63) is 47.2 Å². The summed E-state index contributed by atoms with van der Waals surface area (Å²) in [5.74, 6) is 1.30. The summed E-state index contributed by atoms with van der Waals surface area (Å²) in [7, 11) is 2.17. The third kappa shape index (κ3) is 7.90. The van der Waals surface area contributed by atoms with E-state index in [1.165, 1.54) is 5.01 Å². The first-order chi connectivity index (χ1) is 15.1. The van der Waals surface area contributed by atoms with Gasteiger partial charge in [0.1, 0.15) is 17.6 Å². The summed E-state index contributed by atoms with van der Waals surface area (Å²) in [6.45, 7) is 6.17. The van der Waals surface area contributed by atoms with Crippen LogP contribution in [0.2, 0.25) is 5.02 Å². The van der Waals surface area contributed by atoms with Gasteiger partial charge in [0, 0.05) is 36.8 Å². The fraction of sp³-hybridized carbons (Fsp3) is 0.478. The Morgan fingerprint density at radius 3 is 2.52 bits per heavy atom. The topological polar surface area (TPSA) is 61.5 Å². The number of benzene rings is 1. The molecule has 1 aromatic heterocycles. The number of hydrazone groups is 1. The molecular formula is C23H31Cl3N4O3. The van der Waals surface area contributed by atoms with Gasteiger partial charge >= 0.3 is 6.09 Å². The second-order valence-corrected chi connectivity index (χ2v) is 8.62. The molecule has 0 bridgehead atoms. The van der Waals surface area contributed by atoms with Gasteiger partial charge in [0.15, 0.2) is 0 Å². The van der Waals surface area contributed by atoms with Crippen LogP contribution in [0.15, 0.2) is 45.9 Å². The number of furan rings is 1. The first kappa shape index (κ1) is 27.5. The summed E-state index contributed by atoms with van der Waals surface area (Å²) >= 11 is 5.93. The number of carbonyl (C=O) groups excluding carboxylic acids is 1. The Bertz CT molecular complexity index is 899. The number of halogens is 3. The van der Waals surface area contributed by atoms with Crippen LogP contribution in [0.1, 0.15) is 25.0 Å². The number of piperazine rings is 1. The van der Waals surface area contributed by atoms with Gasteiger partial charge in [-0.15, -0.1) is 24.8 Å². The summed E-state index contributed by atoms with van der Waals surface area (Å²) in [6.07, 6.45) is 4.09. The molecule has 2 aliphatic heterocycles. The molecule has 0 radical (unpaired) electrons. The predicted molar refractivity (Wildman–Crippen MR) is 136 cm³/mol. The molecule has 3 heterocycles. The average Bonchev–Trinajstić information content (AvgIpc) is 3.38. The number of carbonyl (C=O) groups is 1. The SMILES string of the molecule is CN1CCN(CCCCC2CN(N=Cc3ccc(-c4ccc(Cl)cc4)o3)C(=O)O2)CC1.Cl.Cl. The maximum atomic E-state index is 12.1. The van der Waals surface area contributed by atoms with Crippen molar-refractivity contribution in [2.24, 2.45) is 5.10 Å². The van der Waals surface area contributed by atoms with E-state index in [0.717, 1.165) is 63.3 Å². The number of amides is 1. The molecular weight excluding hydrogens is 487 g/mol. The first-order valence-corrected chi connectivity index (χ1v) is 11.2. The zero-order valence-corrected chi connectivity index (χ0v) is 21.1. The number of ether oxygens (including phenoxy) is 1. The Balaban J connectivity index is 0.00000193. The van der Waals surface area contributed by atoms with Crippen molar-refractivity contribution in [3.63, 3.8) is 0 Å². The van der Waals surface area contributed by atoms with Crippen molar-refractivity contribution in [2.45, 2.75) is 25.4 Å². The fourth-order valence-electron chi connectivity index (χ4n) is 3.85. The van der Waals surface area contributed by atoms with E-state index in [1.54, 1.807) is 6.21 Å². The van der Waals surface area contributed by atoms with Crippen molar-refractivity contribution >= 4 is 48.7 Å². The third-order valence-electron chi connectivity index (χ3n) is 5.78. The summed E-state index contributed by atoms with van der Waals surface area (Å²) in [4.78, 5) is 17.0. The highest BCUT2D eigenvalue weighted by molar-refractivity contribution is 6.30. The average molecular weight is 518 g/mol. The molecule has 33 heavy (non-hydrogen) atoms. The molecule has 1 aromatic carbocycles. The maximum absolute atomic E-state index is 12.1. The molecule has 10 heteroatoms. The number of rotatable bonds is 8. The minimum absolute atomic E-state index is 0. The molecule has 0 aliphatic carbocycles. The van der Waals surface area contributed by atoms with E-state index in [1.807, 2.05) is 36.4 Å². The molecule has 1 unspecified atom stereocenters. The number of nitrogens with zero attached hydrogens (tertiary/aromatic N) is 4. The van der Waals surface area contributed by atoms with Gasteiger partial charge in [-0.3, -0.25) is 0 Å². The summed E-state index contributed by atoms with van der Waals surface area (Å²) in [5.41, 5.74) is 0.932. The van der Waals surface area contributed by atoms with Gasteiger partial charge in [0.05, 0.1) is 12.8 Å². The van der Waals surface area contributed by atoms with Crippen LogP contribution in [0, 0.1) is 0 Å². The van der Waals surface area contributed by atoms with E-state index in [-0.39, 0.29) is 30.9 Å². The molecule has 7 nitrogen and oxygen atoms in total. The zero-order chi connectivity index (χ0) is 21.6. The molecule has 2 saturated heterocycles. The van der Waals surface area contributed by atoms with Crippen LogP contribution in [0.3, 0.4) is 0 Å². The Morgan fingerprint density at radius 1 is 1.06 bits per heavy atom. The number of unbranched alkanes of at least 4 members (excludes halogenated alkanes) is 1. The van der Waals surface area contributed by atoms with Gasteiger partial charge in [-0.1, -0.05) is 11.6 Å². The van der Waals surface area contributed by atoms with Gasteiger partial charge in [-0.25, -0.2) is 4.79 Å². The highest BCUT2D eigenvalue weighted by Gasteiger charge is 2.30. The fourth-order valence-corrected chi connectivity index (χ4v) is 3.98. The van der Waals surface area contributed by atoms with Crippen LogP contribution in [0.5, 0.6) is 0 Å². The molecule has 1 atom stereocenters. The van der Waals surface area contributed by atoms with Crippen molar-refractivity contribution in [1.82, 2.24) is 14.8 Å². The molecule has 0 saturated carbocycles. The van der Waals surface area contributed by atoms with Crippen LogP contribution in [0.4, 0.5) is 4.79 Å². The highest BCUT2D eigenvalue weighted by Crippen LogP contribution is 2.23. The standard InChI is InChI=1S/C23H29ClN4O3.2ClH/c1-26-12-14-27(15-13-26)11-3-2-4-21-17-28(23(29)31-21)25-16-20-9-10-22(30-20)18-5-7-19(24)8-6-18;;/h5-10,16,21H,2-4,11-15,17H2,1H3;2*1H. The smallest absolute Gasteiger partial charge is 0.430 e. The van der Waals surface area contributed by atoms with E-state index >= 15 is 0 Å². The van der Waals surface area contributed by atoms with E-state index in [0.29, 0.717) is 17.3 Å². The number of cyclic esters (lactones) is 1. The Morgan fingerprint density at radius 2 is 1.79 bits per heavy atom. The molecule has 4 rings (SSSR count). The Labute approximate surface area is 212 Å². The van der Waals surface area contributed by atoms with Crippen LogP contribution in [-0.4, -0.2) is 79.5 Å². The van der Waals surface area contributed by atoms with E-state index in [2.05, 4.69) is 21.9 Å². The lowest BCUT2D eigenvalue weighted by Crippen LogP contribution is -2.44. The number of hydrogen-bond donors (Lipinski definition) is 0. The zero-order valence-electron chi connectivity index (χ0n) is 18.7. The lowest BCUT2D eigenvalue weighted by Gasteiger charge is -2.32. The van der Waals surface area contributed by atoms with Gasteiger partial charge in [0.25, 0.3) is 0 Å². The summed E-state index contributed by atoms with van der Waals surface area (Å²) in [5, 5.41) is 6.31. The summed E-state index contributed by atoms with van der Waals surface area (Å²) < 4.78 is 11.3. The molecule has 2 fully saturated rings. The van der Waals surface area contributed by atoms with Gasteiger partial charge < -0.3 is 19.0 Å². The molecule has 2 aliphatic rings. The maximum Gasteiger partial charge on any atom is 0.430 e. The molecule has 0 N–H and O–H groups in total. The van der Waals surface area contributed by atoms with Crippen LogP contribution < -0.4 is 0 Å². The Kier molecular flexibility index (Phi) is 11.0. The summed E-state index contributed by atoms with van der Waals surface area (Å²) in [6, 6.07) is 11.1. The van der Waals surface area contributed by atoms with Crippen LogP contribution in [0.25, 0.3) is 11.3 Å².